The lowest BCUT2D eigenvalue weighted by molar-refractivity contribution is 0.262. The second kappa shape index (κ2) is 8.50. The highest BCUT2D eigenvalue weighted by atomic mass is 32.1. The zero-order valence-corrected chi connectivity index (χ0v) is 17.8. The van der Waals surface area contributed by atoms with Gasteiger partial charge < -0.3 is 14.6 Å². The lowest BCUT2D eigenvalue weighted by Gasteiger charge is -2.08. The summed E-state index contributed by atoms with van der Waals surface area (Å²) in [5.74, 6) is 2.26. The molecule has 2 aromatic carbocycles. The number of amides is 2. The molecule has 8 nitrogen and oxygen atoms in total. The molecule has 0 saturated carbocycles. The summed E-state index contributed by atoms with van der Waals surface area (Å²) in [6.07, 6.45) is 0.967. The molecule has 0 fully saturated rings. The third-order valence-electron chi connectivity index (χ3n) is 4.74. The van der Waals surface area contributed by atoms with Crippen LogP contribution in [0, 0.1) is 6.92 Å². The van der Waals surface area contributed by atoms with E-state index in [9.17, 15) is 4.79 Å². The fraction of sp³-hybridized carbons (Fsp3) is 0.238. The zero-order valence-electron chi connectivity index (χ0n) is 17.0. The summed E-state index contributed by atoms with van der Waals surface area (Å²) in [6.45, 7) is 4.32. The average molecular weight is 423 g/mol. The fourth-order valence-corrected chi connectivity index (χ4v) is 3.79. The van der Waals surface area contributed by atoms with Crippen LogP contribution in [0.3, 0.4) is 0 Å². The van der Waals surface area contributed by atoms with Gasteiger partial charge in [0.1, 0.15) is 18.2 Å². The van der Waals surface area contributed by atoms with Crippen LogP contribution in [-0.2, 0) is 20.1 Å². The molecule has 0 aliphatic heterocycles. The standard InChI is InChI=1S/C21H22N6O2S/c1-4-14-5-10-17-18(11-14)30-21(23-17)24-20(28)22-15-6-8-16(9-7-15)29-12-19-26-25-13(2)27(19)3/h5-11H,4,12H2,1-3H3,(H2,22,23,24,28). The number of carbonyl (C=O) groups excluding carboxylic acids is 1. The number of nitrogens with zero attached hydrogens (tertiary/aromatic N) is 4. The van der Waals surface area contributed by atoms with Crippen LogP contribution < -0.4 is 15.4 Å². The highest BCUT2D eigenvalue weighted by Crippen LogP contribution is 2.27. The number of thiazole rings is 1. The molecule has 0 radical (unpaired) electrons. The van der Waals surface area contributed by atoms with Gasteiger partial charge in [-0.3, -0.25) is 5.32 Å². The predicted molar refractivity (Wildman–Crippen MR) is 118 cm³/mol. The minimum Gasteiger partial charge on any atom is -0.486 e. The normalized spacial score (nSPS) is 10.9. The number of aromatic nitrogens is 4. The van der Waals surface area contributed by atoms with Crippen LogP contribution in [0.15, 0.2) is 42.5 Å². The Hall–Kier alpha value is -3.46. The Labute approximate surface area is 177 Å². The van der Waals surface area contributed by atoms with E-state index in [2.05, 4.69) is 44.9 Å². The molecule has 0 aliphatic rings. The average Bonchev–Trinajstić information content (AvgIpc) is 3.29. The number of carbonyl (C=O) groups is 1. The van der Waals surface area contributed by atoms with E-state index in [1.807, 2.05) is 24.6 Å². The summed E-state index contributed by atoms with van der Waals surface area (Å²) >= 11 is 1.46. The Balaban J connectivity index is 1.33. The van der Waals surface area contributed by atoms with Gasteiger partial charge in [0.05, 0.1) is 10.2 Å². The van der Waals surface area contributed by atoms with E-state index < -0.39 is 0 Å². The Bertz CT molecular complexity index is 1180. The first-order valence-electron chi connectivity index (χ1n) is 9.57. The van der Waals surface area contributed by atoms with Crippen LogP contribution in [0.2, 0.25) is 0 Å². The van der Waals surface area contributed by atoms with Gasteiger partial charge in [-0.15, -0.1) is 10.2 Å². The second-order valence-corrected chi connectivity index (χ2v) is 7.82. The van der Waals surface area contributed by atoms with Crippen LogP contribution >= 0.6 is 11.3 Å². The molecule has 2 heterocycles. The van der Waals surface area contributed by atoms with Crippen molar-refractivity contribution in [1.29, 1.82) is 0 Å². The summed E-state index contributed by atoms with van der Waals surface area (Å²) in [5, 5.41) is 14.2. The lowest BCUT2D eigenvalue weighted by Crippen LogP contribution is -2.19. The minimum atomic E-state index is -0.340. The number of ether oxygens (including phenoxy) is 1. The fourth-order valence-electron chi connectivity index (χ4n) is 2.86. The number of hydrogen-bond acceptors (Lipinski definition) is 6. The lowest BCUT2D eigenvalue weighted by atomic mass is 10.2. The van der Waals surface area contributed by atoms with Crippen molar-refractivity contribution in [3.05, 3.63) is 59.7 Å². The number of rotatable bonds is 6. The third-order valence-corrected chi connectivity index (χ3v) is 5.68. The maximum atomic E-state index is 12.3. The Morgan fingerprint density at radius 1 is 1.13 bits per heavy atom. The van der Waals surface area contributed by atoms with E-state index in [0.717, 1.165) is 28.3 Å². The van der Waals surface area contributed by atoms with E-state index in [0.29, 0.717) is 23.2 Å². The highest BCUT2D eigenvalue weighted by molar-refractivity contribution is 7.22. The number of urea groups is 1. The van der Waals surface area contributed by atoms with Crippen molar-refractivity contribution >= 4 is 38.4 Å². The van der Waals surface area contributed by atoms with Gasteiger partial charge in [-0.1, -0.05) is 24.3 Å². The van der Waals surface area contributed by atoms with E-state index in [4.69, 9.17) is 4.74 Å². The summed E-state index contributed by atoms with van der Waals surface area (Å²) in [7, 11) is 1.90. The molecule has 2 N–H and O–H groups in total. The predicted octanol–water partition coefficient (Wildman–Crippen LogP) is 4.52. The summed E-state index contributed by atoms with van der Waals surface area (Å²) < 4.78 is 8.67. The largest absolute Gasteiger partial charge is 0.486 e. The molecular weight excluding hydrogens is 400 g/mol. The first-order valence-corrected chi connectivity index (χ1v) is 10.4. The molecule has 0 saturated heterocycles. The van der Waals surface area contributed by atoms with E-state index in [-0.39, 0.29) is 6.03 Å². The number of hydrogen-bond donors (Lipinski definition) is 2. The number of aryl methyl sites for hydroxylation is 2. The van der Waals surface area contributed by atoms with Gasteiger partial charge in [0.25, 0.3) is 0 Å². The Morgan fingerprint density at radius 2 is 1.93 bits per heavy atom. The molecule has 9 heteroatoms. The molecule has 0 bridgehead atoms. The third kappa shape index (κ3) is 4.41. The Morgan fingerprint density at radius 3 is 2.63 bits per heavy atom. The monoisotopic (exact) mass is 422 g/mol. The molecule has 0 unspecified atom stereocenters. The number of nitrogens with one attached hydrogen (secondary N) is 2. The molecule has 30 heavy (non-hydrogen) atoms. The van der Waals surface area contributed by atoms with Crippen molar-refractivity contribution in [3.8, 4) is 5.75 Å². The van der Waals surface area contributed by atoms with Crippen LogP contribution in [0.25, 0.3) is 10.2 Å². The van der Waals surface area contributed by atoms with Crippen molar-refractivity contribution in [2.45, 2.75) is 26.9 Å². The maximum absolute atomic E-state index is 12.3. The van der Waals surface area contributed by atoms with E-state index in [1.165, 1.54) is 16.9 Å². The van der Waals surface area contributed by atoms with Gasteiger partial charge in [-0.25, -0.2) is 9.78 Å². The van der Waals surface area contributed by atoms with Crippen molar-refractivity contribution in [2.75, 3.05) is 10.6 Å². The van der Waals surface area contributed by atoms with Crippen LogP contribution in [0.5, 0.6) is 5.75 Å². The van der Waals surface area contributed by atoms with Crippen molar-refractivity contribution in [3.63, 3.8) is 0 Å². The highest BCUT2D eigenvalue weighted by Gasteiger charge is 2.09. The van der Waals surface area contributed by atoms with Gasteiger partial charge in [-0.2, -0.15) is 0 Å². The molecular formula is C21H22N6O2S. The number of benzene rings is 2. The summed E-state index contributed by atoms with van der Waals surface area (Å²) in [4.78, 5) is 16.8. The first kappa shape index (κ1) is 19.8. The summed E-state index contributed by atoms with van der Waals surface area (Å²) in [6, 6.07) is 13.0. The number of fused-ring (bicyclic) bond motifs is 1. The van der Waals surface area contributed by atoms with E-state index >= 15 is 0 Å². The van der Waals surface area contributed by atoms with Crippen molar-refractivity contribution in [1.82, 2.24) is 19.7 Å². The SMILES string of the molecule is CCc1ccc2nc(NC(=O)Nc3ccc(OCc4nnc(C)n4C)cc3)sc2c1. The molecule has 4 aromatic rings. The van der Waals surface area contributed by atoms with E-state index in [1.54, 1.807) is 24.3 Å². The van der Waals surface area contributed by atoms with Gasteiger partial charge >= 0.3 is 6.03 Å². The molecule has 0 spiro atoms. The van der Waals surface area contributed by atoms with Gasteiger partial charge in [0, 0.05) is 12.7 Å². The molecule has 2 amide bonds. The van der Waals surface area contributed by atoms with Crippen molar-refractivity contribution < 1.29 is 9.53 Å². The second-order valence-electron chi connectivity index (χ2n) is 6.79. The van der Waals surface area contributed by atoms with Crippen LogP contribution in [-0.4, -0.2) is 25.8 Å². The molecule has 2 aromatic heterocycles. The van der Waals surface area contributed by atoms with Gasteiger partial charge in [0.2, 0.25) is 0 Å². The minimum absolute atomic E-state index is 0.321. The maximum Gasteiger partial charge on any atom is 0.325 e. The van der Waals surface area contributed by atoms with Crippen LogP contribution in [0.4, 0.5) is 15.6 Å². The Kier molecular flexibility index (Phi) is 5.62. The molecule has 0 aliphatic carbocycles. The molecule has 4 rings (SSSR count). The smallest absolute Gasteiger partial charge is 0.325 e. The topological polar surface area (TPSA) is 94.0 Å². The molecule has 154 valence electrons. The quantitative estimate of drug-likeness (QED) is 0.476. The van der Waals surface area contributed by atoms with Crippen LogP contribution in [0.1, 0.15) is 24.1 Å². The number of anilines is 2. The van der Waals surface area contributed by atoms with Gasteiger partial charge in [0.15, 0.2) is 11.0 Å². The zero-order chi connectivity index (χ0) is 21.1. The first-order chi connectivity index (χ1) is 14.5. The van der Waals surface area contributed by atoms with Gasteiger partial charge in [-0.05, 0) is 55.3 Å². The molecule has 0 atom stereocenters. The summed E-state index contributed by atoms with van der Waals surface area (Å²) in [5.41, 5.74) is 2.79. The van der Waals surface area contributed by atoms with Crippen molar-refractivity contribution in [2.24, 2.45) is 7.05 Å².